The molecule has 23 heavy (non-hydrogen) atoms. The molecular weight excluding hydrogens is 335 g/mol. The van der Waals surface area contributed by atoms with E-state index >= 15 is 0 Å². The number of hydrogen-bond donors (Lipinski definition) is 1. The first-order valence-corrected chi connectivity index (χ1v) is 7.87. The number of imidazole rings is 1. The molecule has 0 aliphatic carbocycles. The summed E-state index contributed by atoms with van der Waals surface area (Å²) in [5.41, 5.74) is 4.20. The first-order valence-electron chi connectivity index (χ1n) is 7.11. The van der Waals surface area contributed by atoms with E-state index < -0.39 is 5.97 Å². The maximum absolute atomic E-state index is 11.0. The molecule has 0 atom stereocenters. The molecule has 2 heterocycles. The Bertz CT molecular complexity index is 903. The highest BCUT2D eigenvalue weighted by molar-refractivity contribution is 6.42. The second kappa shape index (κ2) is 6.22. The van der Waals surface area contributed by atoms with Crippen molar-refractivity contribution in [1.82, 2.24) is 9.38 Å². The third kappa shape index (κ3) is 3.05. The molecule has 0 aliphatic rings. The number of carboxylic acids is 1. The second-order valence-corrected chi connectivity index (χ2v) is 6.10. The van der Waals surface area contributed by atoms with Crippen LogP contribution in [0.3, 0.4) is 0 Å². The van der Waals surface area contributed by atoms with Crippen molar-refractivity contribution in [3.05, 3.63) is 57.8 Å². The Kier molecular flexibility index (Phi) is 4.28. The maximum atomic E-state index is 11.0. The Morgan fingerprint density at radius 2 is 2.00 bits per heavy atom. The van der Waals surface area contributed by atoms with E-state index in [1.807, 2.05) is 35.6 Å². The summed E-state index contributed by atoms with van der Waals surface area (Å²) in [6, 6.07) is 11.1. The summed E-state index contributed by atoms with van der Waals surface area (Å²) in [7, 11) is 0. The fourth-order valence-corrected chi connectivity index (χ4v) is 2.95. The number of pyridine rings is 1. The van der Waals surface area contributed by atoms with Crippen LogP contribution >= 0.6 is 23.2 Å². The van der Waals surface area contributed by atoms with Crippen molar-refractivity contribution in [2.24, 2.45) is 0 Å². The number of aromatic nitrogens is 2. The van der Waals surface area contributed by atoms with E-state index in [2.05, 4.69) is 4.98 Å². The summed E-state index contributed by atoms with van der Waals surface area (Å²) in [5.74, 6) is -0.839. The van der Waals surface area contributed by atoms with Gasteiger partial charge in [0.2, 0.25) is 0 Å². The van der Waals surface area contributed by atoms with Gasteiger partial charge in [0.05, 0.1) is 27.9 Å². The molecule has 0 spiro atoms. The van der Waals surface area contributed by atoms with Crippen LogP contribution in [0.15, 0.2) is 36.4 Å². The second-order valence-electron chi connectivity index (χ2n) is 5.29. The first kappa shape index (κ1) is 15.8. The number of fused-ring (bicyclic) bond motifs is 1. The number of benzene rings is 1. The van der Waals surface area contributed by atoms with Crippen molar-refractivity contribution in [1.29, 1.82) is 0 Å². The fourth-order valence-electron chi connectivity index (χ4n) is 2.66. The lowest BCUT2D eigenvalue weighted by atomic mass is 10.1. The average Bonchev–Trinajstić information content (AvgIpc) is 2.88. The molecule has 0 amide bonds. The summed E-state index contributed by atoms with van der Waals surface area (Å²) < 4.78 is 1.99. The van der Waals surface area contributed by atoms with Gasteiger partial charge in [-0.05, 0) is 31.2 Å². The molecule has 1 aromatic carbocycles. The third-order valence-corrected chi connectivity index (χ3v) is 4.44. The number of carboxylic acid groups (broad SMARTS) is 1. The van der Waals surface area contributed by atoms with Crippen LogP contribution in [0.25, 0.3) is 16.9 Å². The highest BCUT2D eigenvalue weighted by atomic mass is 35.5. The van der Waals surface area contributed by atoms with Crippen LogP contribution in [-0.4, -0.2) is 20.5 Å². The number of hydrogen-bond acceptors (Lipinski definition) is 2. The van der Waals surface area contributed by atoms with E-state index in [0.717, 1.165) is 28.3 Å². The summed E-state index contributed by atoms with van der Waals surface area (Å²) >= 11 is 12.1. The normalized spacial score (nSPS) is 11.1. The molecule has 3 rings (SSSR count). The van der Waals surface area contributed by atoms with Gasteiger partial charge in [-0.2, -0.15) is 0 Å². The van der Waals surface area contributed by atoms with Crippen LogP contribution in [-0.2, 0) is 11.2 Å². The molecule has 0 bridgehead atoms. The smallest absolute Gasteiger partial charge is 0.303 e. The Morgan fingerprint density at radius 1 is 1.22 bits per heavy atom. The van der Waals surface area contributed by atoms with Crippen LogP contribution in [0.2, 0.25) is 10.0 Å². The van der Waals surface area contributed by atoms with Gasteiger partial charge in [0.1, 0.15) is 5.65 Å². The van der Waals surface area contributed by atoms with E-state index in [1.165, 1.54) is 0 Å². The number of nitrogens with zero attached hydrogens (tertiary/aromatic N) is 2. The van der Waals surface area contributed by atoms with Gasteiger partial charge in [-0.3, -0.25) is 4.79 Å². The lowest BCUT2D eigenvalue weighted by Crippen LogP contribution is -2.03. The quantitative estimate of drug-likeness (QED) is 0.747. The molecule has 0 radical (unpaired) electrons. The minimum absolute atomic E-state index is 0.0381. The third-order valence-electron chi connectivity index (χ3n) is 3.70. The number of rotatable bonds is 4. The Hall–Kier alpha value is -2.04. The molecular formula is C17H14Cl2N2O2. The van der Waals surface area contributed by atoms with E-state index in [4.69, 9.17) is 28.3 Å². The molecule has 0 saturated heterocycles. The molecule has 118 valence electrons. The molecule has 0 fully saturated rings. The fraction of sp³-hybridized carbons (Fsp3) is 0.176. The highest BCUT2D eigenvalue weighted by Crippen LogP contribution is 2.31. The lowest BCUT2D eigenvalue weighted by Gasteiger charge is -2.07. The van der Waals surface area contributed by atoms with Gasteiger partial charge in [0.25, 0.3) is 0 Å². The van der Waals surface area contributed by atoms with Gasteiger partial charge in [-0.25, -0.2) is 4.98 Å². The van der Waals surface area contributed by atoms with Crippen LogP contribution < -0.4 is 0 Å². The van der Waals surface area contributed by atoms with E-state index in [0.29, 0.717) is 16.5 Å². The Labute approximate surface area is 143 Å². The van der Waals surface area contributed by atoms with Crippen molar-refractivity contribution in [3.63, 3.8) is 0 Å². The number of aryl methyl sites for hydroxylation is 2. The number of halogens is 2. The standard InChI is InChI=1S/C17H14Cl2N2O2/c1-10-3-2-4-15-20-17(11-5-6-12(18)13(19)9-11)14(21(10)15)7-8-16(22)23/h2-6,9H,7-8H2,1H3,(H,22,23). The molecule has 3 aromatic rings. The van der Waals surface area contributed by atoms with Crippen molar-refractivity contribution in [2.45, 2.75) is 19.8 Å². The van der Waals surface area contributed by atoms with E-state index in [-0.39, 0.29) is 6.42 Å². The molecule has 2 aromatic heterocycles. The zero-order valence-corrected chi connectivity index (χ0v) is 13.9. The number of carbonyl (C=O) groups is 1. The highest BCUT2D eigenvalue weighted by Gasteiger charge is 2.17. The Morgan fingerprint density at radius 3 is 2.70 bits per heavy atom. The summed E-state index contributed by atoms with van der Waals surface area (Å²) in [5, 5.41) is 9.95. The van der Waals surface area contributed by atoms with Gasteiger partial charge in [0.15, 0.2) is 0 Å². The van der Waals surface area contributed by atoms with Gasteiger partial charge in [-0.1, -0.05) is 35.3 Å². The summed E-state index contributed by atoms with van der Waals surface area (Å²) in [4.78, 5) is 15.7. The van der Waals surface area contributed by atoms with E-state index in [9.17, 15) is 4.79 Å². The minimum Gasteiger partial charge on any atom is -0.481 e. The lowest BCUT2D eigenvalue weighted by molar-refractivity contribution is -0.136. The van der Waals surface area contributed by atoms with Crippen LogP contribution in [0.4, 0.5) is 0 Å². The zero-order chi connectivity index (χ0) is 16.6. The topological polar surface area (TPSA) is 54.6 Å². The van der Waals surface area contributed by atoms with Crippen molar-refractivity contribution in [2.75, 3.05) is 0 Å². The SMILES string of the molecule is Cc1cccc2nc(-c3ccc(Cl)c(Cl)c3)c(CCC(=O)O)n12. The first-order chi connectivity index (χ1) is 11.0. The summed E-state index contributed by atoms with van der Waals surface area (Å²) in [6.07, 6.45) is 0.424. The van der Waals surface area contributed by atoms with Gasteiger partial charge in [-0.15, -0.1) is 0 Å². The van der Waals surface area contributed by atoms with Crippen molar-refractivity contribution >= 4 is 34.8 Å². The summed E-state index contributed by atoms with van der Waals surface area (Å²) in [6.45, 7) is 1.97. The molecule has 0 unspecified atom stereocenters. The van der Waals surface area contributed by atoms with Gasteiger partial charge in [0, 0.05) is 17.7 Å². The number of aliphatic carboxylic acids is 1. The van der Waals surface area contributed by atoms with Crippen molar-refractivity contribution < 1.29 is 9.90 Å². The molecule has 1 N–H and O–H groups in total. The Balaban J connectivity index is 2.22. The van der Waals surface area contributed by atoms with Crippen LogP contribution in [0.1, 0.15) is 17.8 Å². The molecule has 0 aliphatic heterocycles. The van der Waals surface area contributed by atoms with Crippen LogP contribution in [0, 0.1) is 6.92 Å². The monoisotopic (exact) mass is 348 g/mol. The van der Waals surface area contributed by atoms with Gasteiger partial charge < -0.3 is 9.51 Å². The van der Waals surface area contributed by atoms with Crippen LogP contribution in [0.5, 0.6) is 0 Å². The minimum atomic E-state index is -0.839. The molecule has 4 nitrogen and oxygen atoms in total. The largest absolute Gasteiger partial charge is 0.481 e. The van der Waals surface area contributed by atoms with Crippen molar-refractivity contribution in [3.8, 4) is 11.3 Å². The van der Waals surface area contributed by atoms with Gasteiger partial charge >= 0.3 is 5.97 Å². The predicted octanol–water partition coefficient (Wildman–Crippen LogP) is 4.63. The average molecular weight is 349 g/mol. The van der Waals surface area contributed by atoms with E-state index in [1.54, 1.807) is 12.1 Å². The molecule has 6 heteroatoms. The zero-order valence-electron chi connectivity index (χ0n) is 12.4. The molecule has 0 saturated carbocycles. The maximum Gasteiger partial charge on any atom is 0.303 e. The predicted molar refractivity (Wildman–Crippen MR) is 91.3 cm³/mol.